The summed E-state index contributed by atoms with van der Waals surface area (Å²) in [7, 11) is 0. The first-order valence-corrected chi connectivity index (χ1v) is 5.61. The molecule has 0 aliphatic heterocycles. The number of carbonyl (C=O) groups excluding carboxylic acids is 1. The van der Waals surface area contributed by atoms with E-state index in [4.69, 9.17) is 0 Å². The van der Waals surface area contributed by atoms with Crippen LogP contribution in [0.4, 0.5) is 8.78 Å². The van der Waals surface area contributed by atoms with Gasteiger partial charge in [0.05, 0.1) is 0 Å². The standard InChI is InChI=1S/C13H16F2O2/c1-3-9(2)7-12(16)10-5-4-6-11(8-10)17-13(14)15/h4-6,8-9,13H,3,7H2,1-2H3. The average Bonchev–Trinajstić information content (AvgIpc) is 2.28. The van der Waals surface area contributed by atoms with E-state index in [2.05, 4.69) is 4.74 Å². The molecule has 0 fully saturated rings. The summed E-state index contributed by atoms with van der Waals surface area (Å²) in [5.41, 5.74) is 0.420. The van der Waals surface area contributed by atoms with E-state index in [1.165, 1.54) is 12.1 Å². The first-order valence-electron chi connectivity index (χ1n) is 5.61. The van der Waals surface area contributed by atoms with Crippen molar-refractivity contribution in [1.29, 1.82) is 0 Å². The minimum absolute atomic E-state index is 0.0231. The number of ether oxygens (including phenoxy) is 1. The van der Waals surface area contributed by atoms with Crippen LogP contribution in [0.15, 0.2) is 24.3 Å². The predicted molar refractivity (Wildman–Crippen MR) is 61.5 cm³/mol. The van der Waals surface area contributed by atoms with Gasteiger partial charge in [0.15, 0.2) is 5.78 Å². The summed E-state index contributed by atoms with van der Waals surface area (Å²) >= 11 is 0. The molecule has 1 aromatic rings. The Morgan fingerprint density at radius 2 is 2.12 bits per heavy atom. The van der Waals surface area contributed by atoms with Gasteiger partial charge in [-0.3, -0.25) is 4.79 Å². The van der Waals surface area contributed by atoms with E-state index >= 15 is 0 Å². The molecule has 0 bridgehead atoms. The van der Waals surface area contributed by atoms with Crippen LogP contribution in [0.5, 0.6) is 5.75 Å². The average molecular weight is 242 g/mol. The van der Waals surface area contributed by atoms with E-state index in [-0.39, 0.29) is 11.5 Å². The van der Waals surface area contributed by atoms with Gasteiger partial charge in [0.2, 0.25) is 0 Å². The van der Waals surface area contributed by atoms with Crippen molar-refractivity contribution < 1.29 is 18.3 Å². The molecule has 2 nitrogen and oxygen atoms in total. The molecule has 0 saturated carbocycles. The minimum Gasteiger partial charge on any atom is -0.435 e. The van der Waals surface area contributed by atoms with Crippen LogP contribution in [0.2, 0.25) is 0 Å². The summed E-state index contributed by atoms with van der Waals surface area (Å²) in [6.07, 6.45) is 1.34. The minimum atomic E-state index is -2.87. The van der Waals surface area contributed by atoms with E-state index in [0.29, 0.717) is 17.9 Å². The van der Waals surface area contributed by atoms with Gasteiger partial charge in [0, 0.05) is 12.0 Å². The number of hydrogen-bond acceptors (Lipinski definition) is 2. The molecule has 0 heterocycles. The fourth-order valence-electron chi connectivity index (χ4n) is 1.42. The van der Waals surface area contributed by atoms with Gasteiger partial charge < -0.3 is 4.74 Å². The quantitative estimate of drug-likeness (QED) is 0.707. The Bertz CT molecular complexity index is 377. The van der Waals surface area contributed by atoms with Crippen LogP contribution in [-0.2, 0) is 0 Å². The summed E-state index contributed by atoms with van der Waals surface area (Å²) in [5, 5.41) is 0. The van der Waals surface area contributed by atoms with Gasteiger partial charge in [-0.15, -0.1) is 0 Å². The highest BCUT2D eigenvalue weighted by Crippen LogP contribution is 2.19. The number of halogens is 2. The van der Waals surface area contributed by atoms with Gasteiger partial charge in [0.25, 0.3) is 0 Å². The third kappa shape index (κ3) is 4.51. The number of hydrogen-bond donors (Lipinski definition) is 0. The topological polar surface area (TPSA) is 26.3 Å². The zero-order valence-corrected chi connectivity index (χ0v) is 9.95. The third-order valence-corrected chi connectivity index (χ3v) is 2.61. The van der Waals surface area contributed by atoms with Crippen molar-refractivity contribution in [1.82, 2.24) is 0 Å². The Morgan fingerprint density at radius 1 is 1.41 bits per heavy atom. The van der Waals surface area contributed by atoms with Crippen LogP contribution in [-0.4, -0.2) is 12.4 Å². The number of benzene rings is 1. The molecule has 1 unspecified atom stereocenters. The van der Waals surface area contributed by atoms with Crippen LogP contribution < -0.4 is 4.74 Å². The second-order valence-electron chi connectivity index (χ2n) is 4.05. The maximum Gasteiger partial charge on any atom is 0.387 e. The summed E-state index contributed by atoms with van der Waals surface area (Å²) in [6, 6.07) is 5.92. The SMILES string of the molecule is CCC(C)CC(=O)c1cccc(OC(F)F)c1. The summed E-state index contributed by atoms with van der Waals surface area (Å²) < 4.78 is 28.3. The summed E-state index contributed by atoms with van der Waals surface area (Å²) in [5.74, 6) is 0.274. The lowest BCUT2D eigenvalue weighted by atomic mass is 9.98. The smallest absolute Gasteiger partial charge is 0.387 e. The molecule has 0 aromatic heterocycles. The molecule has 0 saturated heterocycles. The van der Waals surface area contributed by atoms with Crippen molar-refractivity contribution in [2.45, 2.75) is 33.3 Å². The molecule has 0 amide bonds. The maximum absolute atomic E-state index is 12.0. The van der Waals surface area contributed by atoms with Crippen LogP contribution in [0, 0.1) is 5.92 Å². The molecule has 1 aromatic carbocycles. The van der Waals surface area contributed by atoms with Crippen LogP contribution in [0.3, 0.4) is 0 Å². The van der Waals surface area contributed by atoms with Crippen molar-refractivity contribution >= 4 is 5.78 Å². The molecule has 0 radical (unpaired) electrons. The van der Waals surface area contributed by atoms with E-state index in [0.717, 1.165) is 6.42 Å². The highest BCUT2D eigenvalue weighted by molar-refractivity contribution is 5.96. The van der Waals surface area contributed by atoms with Gasteiger partial charge in [-0.05, 0) is 18.1 Å². The molecule has 17 heavy (non-hydrogen) atoms. The van der Waals surface area contributed by atoms with Crippen molar-refractivity contribution in [2.24, 2.45) is 5.92 Å². The molecule has 0 N–H and O–H groups in total. The number of Topliss-reactive ketones (excluding diaryl/α,β-unsaturated/α-hetero) is 1. The highest BCUT2D eigenvalue weighted by atomic mass is 19.3. The fraction of sp³-hybridized carbons (Fsp3) is 0.462. The Labute approximate surface area is 99.6 Å². The van der Waals surface area contributed by atoms with E-state index < -0.39 is 6.61 Å². The van der Waals surface area contributed by atoms with Crippen molar-refractivity contribution in [3.8, 4) is 5.75 Å². The van der Waals surface area contributed by atoms with E-state index in [1.54, 1.807) is 12.1 Å². The van der Waals surface area contributed by atoms with Crippen molar-refractivity contribution in [3.63, 3.8) is 0 Å². The van der Waals surface area contributed by atoms with Crippen LogP contribution in [0.1, 0.15) is 37.0 Å². The number of ketones is 1. The van der Waals surface area contributed by atoms with Crippen molar-refractivity contribution in [3.05, 3.63) is 29.8 Å². The lowest BCUT2D eigenvalue weighted by Gasteiger charge is -2.09. The summed E-state index contributed by atoms with van der Waals surface area (Å²) in [6.45, 7) is 1.13. The first-order chi connectivity index (χ1) is 8.02. The van der Waals surface area contributed by atoms with E-state index in [1.807, 2.05) is 13.8 Å². The zero-order valence-electron chi connectivity index (χ0n) is 9.95. The van der Waals surface area contributed by atoms with Gasteiger partial charge in [-0.2, -0.15) is 8.78 Å². The fourth-order valence-corrected chi connectivity index (χ4v) is 1.42. The number of rotatable bonds is 6. The molecular weight excluding hydrogens is 226 g/mol. The van der Waals surface area contributed by atoms with Gasteiger partial charge in [-0.1, -0.05) is 32.4 Å². The molecule has 0 aliphatic carbocycles. The molecular formula is C13H16F2O2. The van der Waals surface area contributed by atoms with Crippen LogP contribution in [0.25, 0.3) is 0 Å². The lowest BCUT2D eigenvalue weighted by Crippen LogP contribution is -2.07. The largest absolute Gasteiger partial charge is 0.435 e. The van der Waals surface area contributed by atoms with Crippen LogP contribution >= 0.6 is 0 Å². The molecule has 1 atom stereocenters. The normalized spacial score (nSPS) is 12.5. The van der Waals surface area contributed by atoms with E-state index in [9.17, 15) is 13.6 Å². The van der Waals surface area contributed by atoms with Gasteiger partial charge in [-0.25, -0.2) is 0 Å². The molecule has 0 spiro atoms. The highest BCUT2D eigenvalue weighted by Gasteiger charge is 2.12. The number of alkyl halides is 2. The monoisotopic (exact) mass is 242 g/mol. The number of carbonyl (C=O) groups is 1. The Morgan fingerprint density at radius 3 is 2.71 bits per heavy atom. The molecule has 1 rings (SSSR count). The molecule has 4 heteroatoms. The Balaban J connectivity index is 2.73. The second-order valence-corrected chi connectivity index (χ2v) is 4.05. The first kappa shape index (κ1) is 13.6. The molecule has 0 aliphatic rings. The second kappa shape index (κ2) is 6.33. The van der Waals surface area contributed by atoms with Gasteiger partial charge >= 0.3 is 6.61 Å². The Hall–Kier alpha value is -1.45. The summed E-state index contributed by atoms with van der Waals surface area (Å²) in [4.78, 5) is 11.8. The lowest BCUT2D eigenvalue weighted by molar-refractivity contribution is -0.0498. The van der Waals surface area contributed by atoms with Crippen molar-refractivity contribution in [2.75, 3.05) is 0 Å². The maximum atomic E-state index is 12.0. The van der Waals surface area contributed by atoms with Gasteiger partial charge in [0.1, 0.15) is 5.75 Å². The third-order valence-electron chi connectivity index (χ3n) is 2.61. The predicted octanol–water partition coefficient (Wildman–Crippen LogP) is 3.91. The molecule has 94 valence electrons. The zero-order chi connectivity index (χ0) is 12.8. The Kier molecular flexibility index (Phi) is 5.07.